The molecule has 1 aliphatic rings. The minimum Gasteiger partial charge on any atom is -0.492 e. The van der Waals surface area contributed by atoms with Crippen molar-refractivity contribution in [2.45, 2.75) is 6.42 Å². The van der Waals surface area contributed by atoms with Crippen LogP contribution >= 0.6 is 0 Å². The number of likely N-dealkylation sites (N-methyl/N-ethyl adjacent to an activating group) is 1. The van der Waals surface area contributed by atoms with Crippen molar-refractivity contribution in [1.82, 2.24) is 14.5 Å². The van der Waals surface area contributed by atoms with Crippen LogP contribution < -0.4 is 4.74 Å². The number of ketones is 1. The third-order valence-electron chi connectivity index (χ3n) is 4.30. The molecule has 0 atom stereocenters. The standard InChI is InChI=1S/C18H20N4O4.H2O4S/c1-20(2)6-7-26-14-5-4-12-8-13(18(23)15(12)10-14)9-16-19-11-17(21(16)3)22(24)25;1-5(2,3)4/h4-5,9-11H,6-8H2,1-3H3;(H2,1,2,3,4). The van der Waals surface area contributed by atoms with Gasteiger partial charge in [-0.2, -0.15) is 8.42 Å². The third-order valence-corrected chi connectivity index (χ3v) is 4.30. The van der Waals surface area contributed by atoms with E-state index in [0.717, 1.165) is 12.1 Å². The van der Waals surface area contributed by atoms with Crippen LogP contribution in [0.2, 0.25) is 0 Å². The van der Waals surface area contributed by atoms with Crippen LogP contribution in [0.15, 0.2) is 30.0 Å². The van der Waals surface area contributed by atoms with E-state index in [4.69, 9.17) is 22.3 Å². The summed E-state index contributed by atoms with van der Waals surface area (Å²) in [5.41, 5.74) is 2.10. The number of nitro groups is 1. The normalized spacial score (nSPS) is 14.4. The van der Waals surface area contributed by atoms with Gasteiger partial charge in [-0.15, -0.1) is 0 Å². The molecule has 12 nitrogen and oxygen atoms in total. The lowest BCUT2D eigenvalue weighted by atomic mass is 10.1. The van der Waals surface area contributed by atoms with Gasteiger partial charge in [0.2, 0.25) is 5.82 Å². The van der Waals surface area contributed by atoms with E-state index < -0.39 is 15.3 Å². The summed E-state index contributed by atoms with van der Waals surface area (Å²) in [5.74, 6) is 0.836. The molecule has 0 spiro atoms. The number of benzene rings is 1. The average molecular weight is 454 g/mol. The molecule has 0 bridgehead atoms. The first-order chi connectivity index (χ1) is 14.4. The SMILES string of the molecule is CN(C)CCOc1ccc2c(c1)C(=O)C(=Cc1ncc([N+](=O)[O-])n1C)C2.O=S(=O)(O)O. The van der Waals surface area contributed by atoms with Gasteiger partial charge in [-0.25, -0.2) is 9.55 Å². The largest absolute Gasteiger partial charge is 0.492 e. The summed E-state index contributed by atoms with van der Waals surface area (Å²) in [7, 11) is 0.823. The van der Waals surface area contributed by atoms with E-state index in [1.54, 1.807) is 19.2 Å². The molecule has 13 heteroatoms. The Morgan fingerprint density at radius 3 is 2.55 bits per heavy atom. The molecule has 0 saturated heterocycles. The van der Waals surface area contributed by atoms with Crippen LogP contribution in [0, 0.1) is 10.1 Å². The first-order valence-corrected chi connectivity index (χ1v) is 10.3. The van der Waals surface area contributed by atoms with Gasteiger partial charge in [0.15, 0.2) is 5.78 Å². The van der Waals surface area contributed by atoms with Crippen LogP contribution in [0.25, 0.3) is 6.08 Å². The molecule has 0 fully saturated rings. The number of imidazole rings is 1. The Kier molecular flexibility index (Phi) is 7.62. The molecule has 2 aromatic rings. The maximum Gasteiger partial charge on any atom is 0.394 e. The molecule has 1 aliphatic carbocycles. The second kappa shape index (κ2) is 9.78. The van der Waals surface area contributed by atoms with Crippen LogP contribution in [0.3, 0.4) is 0 Å². The number of hydrogen-bond donors (Lipinski definition) is 2. The molecular weight excluding hydrogens is 432 g/mol. The minimum absolute atomic E-state index is 0.0938. The Morgan fingerprint density at radius 1 is 1.35 bits per heavy atom. The lowest BCUT2D eigenvalue weighted by Crippen LogP contribution is -2.19. The Morgan fingerprint density at radius 2 is 2.00 bits per heavy atom. The zero-order valence-corrected chi connectivity index (χ0v) is 17.9. The summed E-state index contributed by atoms with van der Waals surface area (Å²) in [6, 6.07) is 5.51. The summed E-state index contributed by atoms with van der Waals surface area (Å²) in [6.07, 6.45) is 3.28. The maximum atomic E-state index is 12.7. The number of hydrogen-bond acceptors (Lipinski definition) is 8. The lowest BCUT2D eigenvalue weighted by molar-refractivity contribution is -0.391. The summed E-state index contributed by atoms with van der Waals surface area (Å²) < 4.78 is 38.6. The zero-order valence-electron chi connectivity index (χ0n) is 17.0. The predicted octanol–water partition coefficient (Wildman–Crippen LogP) is 1.44. The molecule has 0 radical (unpaired) electrons. The van der Waals surface area contributed by atoms with E-state index in [0.29, 0.717) is 35.7 Å². The van der Waals surface area contributed by atoms with Crippen molar-refractivity contribution >= 4 is 28.1 Å². The second-order valence-electron chi connectivity index (χ2n) is 6.88. The van der Waals surface area contributed by atoms with Crippen molar-refractivity contribution in [1.29, 1.82) is 0 Å². The van der Waals surface area contributed by atoms with Gasteiger partial charge in [0.25, 0.3) is 0 Å². The van der Waals surface area contributed by atoms with E-state index in [1.807, 2.05) is 31.1 Å². The molecule has 0 amide bonds. The van der Waals surface area contributed by atoms with Gasteiger partial charge >= 0.3 is 16.2 Å². The highest BCUT2D eigenvalue weighted by Gasteiger charge is 2.27. The summed E-state index contributed by atoms with van der Waals surface area (Å²) in [6.45, 7) is 1.33. The van der Waals surface area contributed by atoms with E-state index in [9.17, 15) is 14.9 Å². The van der Waals surface area contributed by atoms with E-state index >= 15 is 0 Å². The summed E-state index contributed by atoms with van der Waals surface area (Å²) in [5, 5.41) is 10.9. The van der Waals surface area contributed by atoms with Crippen molar-refractivity contribution < 1.29 is 32.0 Å². The molecular formula is C18H22N4O8S. The predicted molar refractivity (Wildman–Crippen MR) is 111 cm³/mol. The van der Waals surface area contributed by atoms with Crippen molar-refractivity contribution in [3.8, 4) is 5.75 Å². The second-order valence-corrected chi connectivity index (χ2v) is 7.78. The first-order valence-electron chi connectivity index (χ1n) is 8.88. The van der Waals surface area contributed by atoms with Crippen molar-refractivity contribution in [3.63, 3.8) is 0 Å². The van der Waals surface area contributed by atoms with Crippen molar-refractivity contribution in [3.05, 3.63) is 57.0 Å². The number of rotatable bonds is 6. The molecule has 0 aliphatic heterocycles. The van der Waals surface area contributed by atoms with Crippen LogP contribution in [0.4, 0.5) is 5.82 Å². The molecule has 0 saturated carbocycles. The monoisotopic (exact) mass is 454 g/mol. The number of carbonyl (C=O) groups is 1. The van der Waals surface area contributed by atoms with Crippen molar-refractivity contribution in [2.24, 2.45) is 7.05 Å². The van der Waals surface area contributed by atoms with Crippen LogP contribution in [0.1, 0.15) is 21.7 Å². The number of ether oxygens (including phenoxy) is 1. The Balaban J connectivity index is 0.000000614. The summed E-state index contributed by atoms with van der Waals surface area (Å²) in [4.78, 5) is 29.2. The Labute approximate surface area is 178 Å². The average Bonchev–Trinajstić information content (AvgIpc) is 3.14. The molecule has 1 aromatic heterocycles. The maximum absolute atomic E-state index is 12.7. The number of nitrogens with zero attached hydrogens (tertiary/aromatic N) is 4. The number of allylic oxidation sites excluding steroid dienone is 1. The molecule has 1 heterocycles. The third kappa shape index (κ3) is 6.96. The van der Waals surface area contributed by atoms with Gasteiger partial charge in [0.05, 0.1) is 7.05 Å². The topological polar surface area (TPSA) is 165 Å². The van der Waals surface area contributed by atoms with Crippen molar-refractivity contribution in [2.75, 3.05) is 27.2 Å². The summed E-state index contributed by atoms with van der Waals surface area (Å²) >= 11 is 0. The Hall–Kier alpha value is -3.13. The number of Topliss-reactive ketones (excluding diaryl/α,β-unsaturated/α-hetero) is 1. The molecule has 0 unspecified atom stereocenters. The van der Waals surface area contributed by atoms with E-state index in [-0.39, 0.29) is 11.6 Å². The molecule has 31 heavy (non-hydrogen) atoms. The van der Waals surface area contributed by atoms with Gasteiger partial charge in [-0.05, 0) is 36.7 Å². The van der Waals surface area contributed by atoms with E-state index in [1.165, 1.54) is 10.8 Å². The highest BCUT2D eigenvalue weighted by molar-refractivity contribution is 7.79. The first kappa shape index (κ1) is 24.1. The fourth-order valence-corrected chi connectivity index (χ4v) is 2.81. The highest BCUT2D eigenvalue weighted by Crippen LogP contribution is 2.31. The van der Waals surface area contributed by atoms with Gasteiger partial charge in [-0.3, -0.25) is 13.9 Å². The smallest absolute Gasteiger partial charge is 0.394 e. The minimum atomic E-state index is -4.67. The number of aromatic nitrogens is 2. The fraction of sp³-hybridized carbons (Fsp3) is 0.333. The highest BCUT2D eigenvalue weighted by atomic mass is 32.3. The van der Waals surface area contributed by atoms with E-state index in [2.05, 4.69) is 4.98 Å². The molecule has 2 N–H and O–H groups in total. The van der Waals surface area contributed by atoms with Gasteiger partial charge in [0, 0.05) is 30.2 Å². The van der Waals surface area contributed by atoms with Gasteiger partial charge in [0.1, 0.15) is 18.6 Å². The molecule has 168 valence electrons. The molecule has 3 rings (SSSR count). The van der Waals surface area contributed by atoms with Gasteiger partial charge in [-0.1, -0.05) is 6.07 Å². The fourth-order valence-electron chi connectivity index (χ4n) is 2.81. The van der Waals surface area contributed by atoms with Gasteiger partial charge < -0.3 is 19.8 Å². The zero-order chi connectivity index (χ0) is 23.3. The van der Waals surface area contributed by atoms with Crippen LogP contribution in [0.5, 0.6) is 5.75 Å². The van der Waals surface area contributed by atoms with Crippen LogP contribution in [-0.4, -0.2) is 69.9 Å². The lowest BCUT2D eigenvalue weighted by Gasteiger charge is -2.11. The van der Waals surface area contributed by atoms with Crippen LogP contribution in [-0.2, 0) is 23.9 Å². The number of carbonyl (C=O) groups excluding carboxylic acids is 1. The molecule has 1 aromatic carbocycles. The Bertz CT molecular complexity index is 1110. The number of fused-ring (bicyclic) bond motifs is 1. The quantitative estimate of drug-likeness (QED) is 0.282.